The van der Waals surface area contributed by atoms with E-state index in [1.807, 2.05) is 12.1 Å². The van der Waals surface area contributed by atoms with Crippen LogP contribution in [0.4, 0.5) is 8.78 Å². The van der Waals surface area contributed by atoms with Gasteiger partial charge in [0.05, 0.1) is 11.6 Å². The van der Waals surface area contributed by atoms with E-state index in [2.05, 4.69) is 53.4 Å². The first-order valence-electron chi connectivity index (χ1n) is 11.0. The predicted octanol–water partition coefficient (Wildman–Crippen LogP) is 5.68. The van der Waals surface area contributed by atoms with Crippen LogP contribution in [-0.2, 0) is 0 Å². The number of fused-ring (bicyclic) bond motifs is 3. The van der Waals surface area contributed by atoms with Crippen molar-refractivity contribution in [3.8, 4) is 0 Å². The summed E-state index contributed by atoms with van der Waals surface area (Å²) in [6.45, 7) is 2.09. The monoisotopic (exact) mass is 416 g/mol. The number of aliphatic imine (C=N–C) groups is 1. The Bertz CT molecular complexity index is 984. The minimum atomic E-state index is -0.566. The molecule has 0 radical (unpaired) electrons. The van der Waals surface area contributed by atoms with Crippen molar-refractivity contribution in [2.45, 2.75) is 30.8 Å². The zero-order valence-corrected chi connectivity index (χ0v) is 17.4. The topological polar surface area (TPSA) is 15.6 Å². The van der Waals surface area contributed by atoms with Gasteiger partial charge in [0.25, 0.3) is 0 Å². The number of benzene rings is 3. The molecule has 2 unspecified atom stereocenters. The third-order valence-electron chi connectivity index (χ3n) is 6.86. The summed E-state index contributed by atoms with van der Waals surface area (Å²) < 4.78 is 28.5. The molecule has 2 atom stereocenters. The van der Waals surface area contributed by atoms with E-state index in [1.165, 1.54) is 35.5 Å². The number of hydrogen-bond donors (Lipinski definition) is 0. The Labute approximate surface area is 182 Å². The second-order valence-electron chi connectivity index (χ2n) is 8.57. The highest BCUT2D eigenvalue weighted by atomic mass is 19.1. The van der Waals surface area contributed by atoms with Crippen molar-refractivity contribution < 1.29 is 8.78 Å². The Kier molecular flexibility index (Phi) is 5.65. The lowest BCUT2D eigenvalue weighted by Crippen LogP contribution is -2.59. The van der Waals surface area contributed by atoms with Gasteiger partial charge < -0.3 is 0 Å². The van der Waals surface area contributed by atoms with Gasteiger partial charge in [0.2, 0.25) is 0 Å². The molecule has 31 heavy (non-hydrogen) atoms. The van der Waals surface area contributed by atoms with Gasteiger partial charge in [-0.25, -0.2) is 8.78 Å². The number of hydrogen-bond acceptors (Lipinski definition) is 2. The summed E-state index contributed by atoms with van der Waals surface area (Å²) in [4.78, 5) is 7.40. The number of nitrogens with zero attached hydrogens (tertiary/aromatic N) is 2. The molecular weight excluding hydrogens is 390 g/mol. The lowest BCUT2D eigenvalue weighted by Gasteiger charge is -2.52. The standard InChI is InChI=1S/C27H26F2N2/c28-23-12-7-13-24(29)22(23)18-30-26-21-14-16-31(17-15-21)27(26)25(19-8-3-1-4-9-19)20-10-5-2-6-11-20/h1-13,18,21,25-27H,14-17H2/b30-18-. The fraction of sp³-hybridized carbons (Fsp3) is 0.296. The minimum absolute atomic E-state index is 0.00748. The quantitative estimate of drug-likeness (QED) is 0.489. The van der Waals surface area contributed by atoms with Gasteiger partial charge in [0.15, 0.2) is 0 Å². The molecule has 0 aromatic heterocycles. The zero-order chi connectivity index (χ0) is 21.2. The SMILES string of the molecule is Fc1cccc(F)c1/C=N\C1C2CCN(CC2)C1C(c1ccccc1)c1ccccc1. The summed E-state index contributed by atoms with van der Waals surface area (Å²) in [6.07, 6.45) is 3.58. The summed E-state index contributed by atoms with van der Waals surface area (Å²) in [7, 11) is 0. The van der Waals surface area contributed by atoms with Gasteiger partial charge in [-0.05, 0) is 55.1 Å². The van der Waals surface area contributed by atoms with Crippen molar-refractivity contribution >= 4 is 6.21 Å². The van der Waals surface area contributed by atoms with Crippen molar-refractivity contribution in [2.24, 2.45) is 10.9 Å². The van der Waals surface area contributed by atoms with Crippen LogP contribution in [0.5, 0.6) is 0 Å². The Hall–Kier alpha value is -2.85. The van der Waals surface area contributed by atoms with Crippen LogP contribution in [0.1, 0.15) is 35.4 Å². The van der Waals surface area contributed by atoms with E-state index in [4.69, 9.17) is 4.99 Å². The molecular formula is C27H26F2N2. The molecule has 3 aromatic rings. The average molecular weight is 417 g/mol. The smallest absolute Gasteiger partial charge is 0.134 e. The van der Waals surface area contributed by atoms with Crippen LogP contribution in [0, 0.1) is 17.6 Å². The van der Waals surface area contributed by atoms with Crippen LogP contribution < -0.4 is 0 Å². The molecule has 4 heteroatoms. The Balaban J connectivity index is 1.58. The van der Waals surface area contributed by atoms with Crippen molar-refractivity contribution in [1.82, 2.24) is 4.90 Å². The Morgan fingerprint density at radius 2 is 1.32 bits per heavy atom. The van der Waals surface area contributed by atoms with E-state index in [-0.39, 0.29) is 23.6 Å². The summed E-state index contributed by atoms with van der Waals surface area (Å²) >= 11 is 0. The van der Waals surface area contributed by atoms with E-state index >= 15 is 0 Å². The molecule has 3 heterocycles. The Morgan fingerprint density at radius 3 is 1.87 bits per heavy atom. The first-order chi connectivity index (χ1) is 15.2. The second-order valence-corrected chi connectivity index (χ2v) is 8.57. The van der Waals surface area contributed by atoms with Crippen LogP contribution in [0.3, 0.4) is 0 Å². The largest absolute Gasteiger partial charge is 0.297 e. The van der Waals surface area contributed by atoms with Crippen LogP contribution in [0.25, 0.3) is 0 Å². The van der Waals surface area contributed by atoms with Crippen LogP contribution in [0.2, 0.25) is 0 Å². The van der Waals surface area contributed by atoms with Crippen molar-refractivity contribution in [1.29, 1.82) is 0 Å². The van der Waals surface area contributed by atoms with Crippen LogP contribution in [0.15, 0.2) is 83.9 Å². The highest BCUT2D eigenvalue weighted by Gasteiger charge is 2.46. The van der Waals surface area contributed by atoms with Gasteiger partial charge in [-0.1, -0.05) is 66.7 Å². The number of piperidine rings is 3. The van der Waals surface area contributed by atoms with E-state index in [0.717, 1.165) is 25.9 Å². The van der Waals surface area contributed by atoms with Crippen molar-refractivity contribution in [3.63, 3.8) is 0 Å². The molecule has 0 aliphatic carbocycles. The maximum absolute atomic E-state index is 14.2. The molecule has 3 aliphatic heterocycles. The van der Waals surface area contributed by atoms with Gasteiger partial charge in [-0.2, -0.15) is 0 Å². The summed E-state index contributed by atoms with van der Waals surface area (Å²) in [5.41, 5.74) is 2.46. The number of rotatable bonds is 5. The van der Waals surface area contributed by atoms with Crippen LogP contribution >= 0.6 is 0 Å². The molecule has 3 aliphatic rings. The van der Waals surface area contributed by atoms with E-state index < -0.39 is 11.6 Å². The lowest BCUT2D eigenvalue weighted by molar-refractivity contribution is 0.0215. The normalized spacial score (nSPS) is 25.4. The fourth-order valence-corrected chi connectivity index (χ4v) is 5.37. The van der Waals surface area contributed by atoms with E-state index in [0.29, 0.717) is 5.92 Å². The molecule has 6 rings (SSSR count). The molecule has 2 bridgehead atoms. The van der Waals surface area contributed by atoms with Gasteiger partial charge in [0, 0.05) is 18.2 Å². The minimum Gasteiger partial charge on any atom is -0.297 e. The molecule has 0 saturated carbocycles. The Morgan fingerprint density at radius 1 is 0.774 bits per heavy atom. The third-order valence-corrected chi connectivity index (χ3v) is 6.86. The van der Waals surface area contributed by atoms with Gasteiger partial charge in [-0.15, -0.1) is 0 Å². The molecule has 2 nitrogen and oxygen atoms in total. The average Bonchev–Trinajstić information content (AvgIpc) is 2.82. The zero-order valence-electron chi connectivity index (χ0n) is 17.4. The van der Waals surface area contributed by atoms with Crippen molar-refractivity contribution in [2.75, 3.05) is 13.1 Å². The third kappa shape index (κ3) is 3.92. The first kappa shape index (κ1) is 20.1. The van der Waals surface area contributed by atoms with Gasteiger partial charge in [-0.3, -0.25) is 9.89 Å². The first-order valence-corrected chi connectivity index (χ1v) is 11.0. The van der Waals surface area contributed by atoms with Crippen LogP contribution in [-0.4, -0.2) is 36.3 Å². The summed E-state index contributed by atoms with van der Waals surface area (Å²) in [6, 6.07) is 25.2. The molecule has 3 aromatic carbocycles. The predicted molar refractivity (Wildman–Crippen MR) is 121 cm³/mol. The summed E-state index contributed by atoms with van der Waals surface area (Å²) in [5, 5.41) is 0. The lowest BCUT2D eigenvalue weighted by atomic mass is 9.71. The molecule has 3 saturated heterocycles. The highest BCUT2D eigenvalue weighted by Crippen LogP contribution is 2.43. The molecule has 0 spiro atoms. The van der Waals surface area contributed by atoms with Gasteiger partial charge in [0.1, 0.15) is 11.6 Å². The highest BCUT2D eigenvalue weighted by molar-refractivity contribution is 5.80. The number of halogens is 2. The van der Waals surface area contributed by atoms with E-state index in [9.17, 15) is 8.78 Å². The van der Waals surface area contributed by atoms with Crippen molar-refractivity contribution in [3.05, 3.63) is 107 Å². The summed E-state index contributed by atoms with van der Waals surface area (Å²) in [5.74, 6) is -0.553. The maximum atomic E-state index is 14.2. The van der Waals surface area contributed by atoms with E-state index in [1.54, 1.807) is 0 Å². The molecule has 3 fully saturated rings. The second kappa shape index (κ2) is 8.72. The molecule has 158 valence electrons. The maximum Gasteiger partial charge on any atom is 0.134 e. The molecule has 0 N–H and O–H groups in total. The molecule has 0 amide bonds. The fourth-order valence-electron chi connectivity index (χ4n) is 5.37. The van der Waals surface area contributed by atoms with Gasteiger partial charge >= 0.3 is 0 Å².